The van der Waals surface area contributed by atoms with Crippen molar-refractivity contribution in [2.24, 2.45) is 0 Å². The first-order chi connectivity index (χ1) is 11.8. The first kappa shape index (κ1) is 15.2. The Morgan fingerprint density at radius 2 is 1.88 bits per heavy atom. The van der Waals surface area contributed by atoms with E-state index in [0.29, 0.717) is 11.6 Å². The summed E-state index contributed by atoms with van der Waals surface area (Å²) in [6, 6.07) is 11.4. The minimum absolute atomic E-state index is 0.310. The highest BCUT2D eigenvalue weighted by Gasteiger charge is 2.19. The van der Waals surface area contributed by atoms with Crippen molar-refractivity contribution in [1.82, 2.24) is 9.88 Å². The molecule has 1 fully saturated rings. The lowest BCUT2D eigenvalue weighted by molar-refractivity contribution is 0.247. The third-order valence-electron chi connectivity index (χ3n) is 4.26. The third-order valence-corrected chi connectivity index (χ3v) is 5.11. The van der Waals surface area contributed by atoms with E-state index in [4.69, 9.17) is 4.42 Å². The summed E-state index contributed by atoms with van der Waals surface area (Å²) in [4.78, 5) is 10.4. The number of phenolic OH excluding ortho intramolecular Hbond substituents is 1. The van der Waals surface area contributed by atoms with Gasteiger partial charge in [0.15, 0.2) is 0 Å². The minimum atomic E-state index is 0.310. The smallest absolute Gasteiger partial charge is 0.236 e. The lowest BCUT2D eigenvalue weighted by Crippen LogP contribution is -2.46. The maximum absolute atomic E-state index is 9.39. The lowest BCUT2D eigenvalue weighted by Gasteiger charge is -2.35. The van der Waals surface area contributed by atoms with Gasteiger partial charge in [-0.3, -0.25) is 4.90 Å². The summed E-state index contributed by atoms with van der Waals surface area (Å²) in [6.45, 7) is 4.74. The molecule has 4 rings (SSSR count). The van der Waals surface area contributed by atoms with Crippen molar-refractivity contribution >= 4 is 17.0 Å². The Morgan fingerprint density at radius 3 is 2.58 bits per heavy atom. The van der Waals surface area contributed by atoms with Crippen LogP contribution < -0.4 is 4.90 Å². The van der Waals surface area contributed by atoms with Crippen LogP contribution in [-0.2, 0) is 6.54 Å². The first-order valence-corrected chi connectivity index (χ1v) is 8.90. The van der Waals surface area contributed by atoms with E-state index in [2.05, 4.69) is 14.8 Å². The molecule has 0 spiro atoms. The molecule has 1 aromatic carbocycles. The van der Waals surface area contributed by atoms with Crippen molar-refractivity contribution in [3.8, 4) is 16.5 Å². The zero-order valence-electron chi connectivity index (χ0n) is 13.3. The van der Waals surface area contributed by atoms with Crippen LogP contribution in [0, 0.1) is 0 Å². The van der Waals surface area contributed by atoms with Crippen LogP contribution in [0.3, 0.4) is 0 Å². The van der Waals surface area contributed by atoms with Crippen molar-refractivity contribution in [2.75, 3.05) is 31.1 Å². The Kier molecular flexibility index (Phi) is 4.23. The van der Waals surface area contributed by atoms with Crippen LogP contribution in [0.15, 0.2) is 52.5 Å². The zero-order chi connectivity index (χ0) is 16.4. The number of hydrogen-bond donors (Lipinski definition) is 1. The van der Waals surface area contributed by atoms with Gasteiger partial charge in [0.2, 0.25) is 5.89 Å². The SMILES string of the molecule is Oc1ccc(N2CCN(Cc3coc(-c4cccs4)n3)CC2)cc1. The number of benzene rings is 1. The van der Waals surface area contributed by atoms with E-state index in [0.717, 1.165) is 49.0 Å². The molecule has 0 radical (unpaired) electrons. The van der Waals surface area contributed by atoms with Crippen LogP contribution in [0.1, 0.15) is 5.69 Å². The molecule has 1 N–H and O–H groups in total. The number of hydrogen-bond acceptors (Lipinski definition) is 6. The molecule has 2 aromatic heterocycles. The summed E-state index contributed by atoms with van der Waals surface area (Å²) in [5.74, 6) is 1.02. The highest BCUT2D eigenvalue weighted by atomic mass is 32.1. The Morgan fingerprint density at radius 1 is 1.08 bits per heavy atom. The van der Waals surface area contributed by atoms with Crippen molar-refractivity contribution < 1.29 is 9.52 Å². The van der Waals surface area contributed by atoms with E-state index in [1.54, 1.807) is 29.7 Å². The van der Waals surface area contributed by atoms with Gasteiger partial charge in [-0.05, 0) is 35.7 Å². The molecule has 1 aliphatic rings. The van der Waals surface area contributed by atoms with E-state index in [1.807, 2.05) is 29.6 Å². The maximum atomic E-state index is 9.39. The second-order valence-electron chi connectivity index (χ2n) is 5.90. The number of aromatic hydroxyl groups is 1. The topological polar surface area (TPSA) is 52.7 Å². The van der Waals surface area contributed by atoms with Gasteiger partial charge in [-0.2, -0.15) is 0 Å². The van der Waals surface area contributed by atoms with Crippen LogP contribution in [0.5, 0.6) is 5.75 Å². The van der Waals surface area contributed by atoms with E-state index in [9.17, 15) is 5.11 Å². The van der Waals surface area contributed by atoms with E-state index < -0.39 is 0 Å². The van der Waals surface area contributed by atoms with Crippen LogP contribution in [-0.4, -0.2) is 41.2 Å². The van der Waals surface area contributed by atoms with Gasteiger partial charge in [-0.15, -0.1) is 11.3 Å². The standard InChI is InChI=1S/C18H19N3O2S/c22-16-5-3-15(4-6-16)21-9-7-20(8-10-21)12-14-13-23-18(19-14)17-2-1-11-24-17/h1-6,11,13,22H,7-10,12H2. The maximum Gasteiger partial charge on any atom is 0.236 e. The quantitative estimate of drug-likeness (QED) is 0.788. The second kappa shape index (κ2) is 6.67. The minimum Gasteiger partial charge on any atom is -0.508 e. The van der Waals surface area contributed by atoms with Gasteiger partial charge in [0, 0.05) is 38.4 Å². The Labute approximate surface area is 144 Å². The van der Waals surface area contributed by atoms with Gasteiger partial charge >= 0.3 is 0 Å². The molecule has 124 valence electrons. The van der Waals surface area contributed by atoms with Crippen molar-refractivity contribution in [3.63, 3.8) is 0 Å². The molecule has 0 saturated carbocycles. The Balaban J connectivity index is 1.34. The molecule has 0 aliphatic carbocycles. The number of anilines is 1. The van der Waals surface area contributed by atoms with Gasteiger partial charge in [-0.1, -0.05) is 6.07 Å². The van der Waals surface area contributed by atoms with E-state index >= 15 is 0 Å². The number of phenols is 1. The number of rotatable bonds is 4. The fraction of sp³-hybridized carbons (Fsp3) is 0.278. The van der Waals surface area contributed by atoms with Gasteiger partial charge < -0.3 is 14.4 Å². The molecule has 24 heavy (non-hydrogen) atoms. The van der Waals surface area contributed by atoms with Gasteiger partial charge in [0.25, 0.3) is 0 Å². The Bertz CT molecular complexity index is 775. The molecular weight excluding hydrogens is 322 g/mol. The van der Waals surface area contributed by atoms with E-state index in [-0.39, 0.29) is 0 Å². The largest absolute Gasteiger partial charge is 0.508 e. The fourth-order valence-corrected chi connectivity index (χ4v) is 3.61. The van der Waals surface area contributed by atoms with Gasteiger partial charge in [-0.25, -0.2) is 4.98 Å². The van der Waals surface area contributed by atoms with Crippen LogP contribution in [0.25, 0.3) is 10.8 Å². The van der Waals surface area contributed by atoms with Crippen molar-refractivity contribution in [2.45, 2.75) is 6.54 Å². The zero-order valence-corrected chi connectivity index (χ0v) is 14.1. The van der Waals surface area contributed by atoms with Gasteiger partial charge in [0.1, 0.15) is 12.0 Å². The van der Waals surface area contributed by atoms with Crippen LogP contribution in [0.2, 0.25) is 0 Å². The second-order valence-corrected chi connectivity index (χ2v) is 6.85. The van der Waals surface area contributed by atoms with E-state index in [1.165, 1.54) is 0 Å². The summed E-state index contributed by atoms with van der Waals surface area (Å²) in [5.41, 5.74) is 2.14. The molecular formula is C18H19N3O2S. The molecule has 1 saturated heterocycles. The molecule has 3 aromatic rings. The summed E-state index contributed by atoms with van der Waals surface area (Å²) < 4.78 is 5.59. The summed E-state index contributed by atoms with van der Waals surface area (Å²) >= 11 is 1.64. The number of nitrogens with zero attached hydrogens (tertiary/aromatic N) is 3. The summed E-state index contributed by atoms with van der Waals surface area (Å²) in [6.07, 6.45) is 1.77. The molecule has 3 heterocycles. The predicted molar refractivity (Wildman–Crippen MR) is 95.4 cm³/mol. The normalized spacial score (nSPS) is 15.8. The molecule has 0 amide bonds. The Hall–Kier alpha value is -2.31. The number of thiophene rings is 1. The monoisotopic (exact) mass is 341 g/mol. The van der Waals surface area contributed by atoms with Crippen LogP contribution >= 0.6 is 11.3 Å². The molecule has 0 atom stereocenters. The molecule has 6 heteroatoms. The highest BCUT2D eigenvalue weighted by molar-refractivity contribution is 7.13. The number of oxazole rings is 1. The number of aromatic nitrogens is 1. The summed E-state index contributed by atoms with van der Waals surface area (Å²) in [5, 5.41) is 11.4. The average Bonchev–Trinajstić information content (AvgIpc) is 3.28. The summed E-state index contributed by atoms with van der Waals surface area (Å²) in [7, 11) is 0. The first-order valence-electron chi connectivity index (χ1n) is 8.02. The average molecular weight is 341 g/mol. The third kappa shape index (κ3) is 3.29. The molecule has 1 aliphatic heterocycles. The number of piperazine rings is 1. The lowest BCUT2D eigenvalue weighted by atomic mass is 10.2. The molecule has 0 unspecified atom stereocenters. The fourth-order valence-electron chi connectivity index (χ4n) is 2.95. The van der Waals surface area contributed by atoms with Crippen LogP contribution in [0.4, 0.5) is 5.69 Å². The molecule has 0 bridgehead atoms. The van der Waals surface area contributed by atoms with Crippen molar-refractivity contribution in [3.05, 3.63) is 53.7 Å². The van der Waals surface area contributed by atoms with Crippen molar-refractivity contribution in [1.29, 1.82) is 0 Å². The molecule has 5 nitrogen and oxygen atoms in total. The predicted octanol–water partition coefficient (Wildman–Crippen LogP) is 3.43. The highest BCUT2D eigenvalue weighted by Crippen LogP contribution is 2.24. The van der Waals surface area contributed by atoms with Gasteiger partial charge in [0.05, 0.1) is 10.6 Å².